The zero-order chi connectivity index (χ0) is 15.4. The predicted octanol–water partition coefficient (Wildman–Crippen LogP) is 5.54. The average molecular weight is 344 g/mol. The minimum absolute atomic E-state index is 0.271. The largest absolute Gasteiger partial charge is 0.478 e. The maximum atomic E-state index is 10.6. The van der Waals surface area contributed by atoms with Gasteiger partial charge < -0.3 is 9.84 Å². The Morgan fingerprint density at radius 1 is 1.10 bits per heavy atom. The second kappa shape index (κ2) is 6.85. The first kappa shape index (κ1) is 15.7. The average Bonchev–Trinajstić information content (AvgIpc) is 2.43. The summed E-state index contributed by atoms with van der Waals surface area (Å²) < 4.78 is 5.69. The van der Waals surface area contributed by atoms with Crippen LogP contribution in [0.2, 0.25) is 15.1 Å². The lowest BCUT2D eigenvalue weighted by Gasteiger charge is -2.11. The molecular formula is C15H9Cl3O3. The van der Waals surface area contributed by atoms with Gasteiger partial charge in [0.25, 0.3) is 0 Å². The van der Waals surface area contributed by atoms with Crippen molar-refractivity contribution in [2.45, 2.75) is 0 Å². The van der Waals surface area contributed by atoms with E-state index in [-0.39, 0.29) is 5.02 Å². The van der Waals surface area contributed by atoms with Crippen LogP contribution in [-0.2, 0) is 4.79 Å². The number of aliphatic carboxylic acids is 1. The van der Waals surface area contributed by atoms with Gasteiger partial charge in [-0.3, -0.25) is 0 Å². The van der Waals surface area contributed by atoms with E-state index in [1.807, 2.05) is 0 Å². The fourth-order valence-electron chi connectivity index (χ4n) is 1.58. The van der Waals surface area contributed by atoms with Crippen LogP contribution in [0, 0.1) is 0 Å². The van der Waals surface area contributed by atoms with Crippen molar-refractivity contribution >= 4 is 46.8 Å². The summed E-state index contributed by atoms with van der Waals surface area (Å²) in [4.78, 5) is 10.6. The molecule has 6 heteroatoms. The molecule has 0 amide bonds. The highest BCUT2D eigenvalue weighted by atomic mass is 35.5. The van der Waals surface area contributed by atoms with E-state index in [0.29, 0.717) is 27.1 Å². The number of hydrogen-bond donors (Lipinski definition) is 1. The van der Waals surface area contributed by atoms with Crippen LogP contribution < -0.4 is 4.74 Å². The molecule has 21 heavy (non-hydrogen) atoms. The van der Waals surface area contributed by atoms with Crippen LogP contribution in [0.1, 0.15) is 5.56 Å². The van der Waals surface area contributed by atoms with Gasteiger partial charge in [0, 0.05) is 22.7 Å². The molecule has 0 radical (unpaired) electrons. The molecule has 0 aliphatic rings. The summed E-state index contributed by atoms with van der Waals surface area (Å²) in [6.45, 7) is 0. The number of hydrogen-bond acceptors (Lipinski definition) is 2. The van der Waals surface area contributed by atoms with E-state index in [2.05, 4.69) is 0 Å². The molecule has 0 atom stereocenters. The number of benzene rings is 2. The summed E-state index contributed by atoms with van der Waals surface area (Å²) in [5.41, 5.74) is 0.554. The molecule has 0 fully saturated rings. The lowest BCUT2D eigenvalue weighted by Crippen LogP contribution is -1.91. The molecule has 0 heterocycles. The molecule has 0 spiro atoms. The molecule has 0 bridgehead atoms. The van der Waals surface area contributed by atoms with E-state index in [9.17, 15) is 4.79 Å². The van der Waals surface area contributed by atoms with Gasteiger partial charge in [0.2, 0.25) is 0 Å². The topological polar surface area (TPSA) is 46.5 Å². The molecule has 0 saturated carbocycles. The van der Waals surface area contributed by atoms with Crippen molar-refractivity contribution < 1.29 is 14.6 Å². The SMILES string of the molecule is O=C(O)/C=C/c1ccc(Cl)cc1Oc1cccc(Cl)c1Cl. The highest BCUT2D eigenvalue weighted by molar-refractivity contribution is 6.42. The minimum atomic E-state index is -1.06. The molecule has 2 aromatic carbocycles. The zero-order valence-corrected chi connectivity index (χ0v) is 12.8. The van der Waals surface area contributed by atoms with Crippen LogP contribution in [0.3, 0.4) is 0 Å². The van der Waals surface area contributed by atoms with Crippen molar-refractivity contribution in [1.82, 2.24) is 0 Å². The first-order chi connectivity index (χ1) is 9.97. The van der Waals surface area contributed by atoms with Crippen LogP contribution >= 0.6 is 34.8 Å². The van der Waals surface area contributed by atoms with E-state index in [1.54, 1.807) is 36.4 Å². The molecule has 0 aromatic heterocycles. The first-order valence-corrected chi connectivity index (χ1v) is 6.93. The fraction of sp³-hybridized carbons (Fsp3) is 0. The van der Waals surface area contributed by atoms with Crippen molar-refractivity contribution in [3.8, 4) is 11.5 Å². The quantitative estimate of drug-likeness (QED) is 0.742. The van der Waals surface area contributed by atoms with Crippen LogP contribution in [-0.4, -0.2) is 11.1 Å². The number of carboxylic acid groups (broad SMARTS) is 1. The molecule has 3 nitrogen and oxygen atoms in total. The Hall–Kier alpha value is -1.68. The van der Waals surface area contributed by atoms with Gasteiger partial charge >= 0.3 is 5.97 Å². The third-order valence-corrected chi connectivity index (χ3v) is 3.55. The normalized spacial score (nSPS) is 10.8. The molecule has 0 unspecified atom stereocenters. The van der Waals surface area contributed by atoms with E-state index in [4.69, 9.17) is 44.6 Å². The molecule has 2 aromatic rings. The van der Waals surface area contributed by atoms with E-state index < -0.39 is 5.97 Å². The van der Waals surface area contributed by atoms with Gasteiger partial charge in [0.15, 0.2) is 0 Å². The summed E-state index contributed by atoms with van der Waals surface area (Å²) in [6.07, 6.45) is 2.42. The van der Waals surface area contributed by atoms with Crippen molar-refractivity contribution in [2.75, 3.05) is 0 Å². The summed E-state index contributed by atoms with van der Waals surface area (Å²) >= 11 is 17.9. The smallest absolute Gasteiger partial charge is 0.328 e. The van der Waals surface area contributed by atoms with Crippen molar-refractivity contribution in [3.05, 3.63) is 63.1 Å². The van der Waals surface area contributed by atoms with Crippen LogP contribution in [0.4, 0.5) is 0 Å². The number of ether oxygens (including phenoxy) is 1. The van der Waals surface area contributed by atoms with Crippen molar-refractivity contribution in [3.63, 3.8) is 0 Å². The highest BCUT2D eigenvalue weighted by Crippen LogP contribution is 2.36. The number of carboxylic acids is 1. The van der Waals surface area contributed by atoms with Crippen LogP contribution in [0.5, 0.6) is 11.5 Å². The summed E-state index contributed by atoms with van der Waals surface area (Å²) in [6, 6.07) is 9.84. The highest BCUT2D eigenvalue weighted by Gasteiger charge is 2.09. The standard InChI is InChI=1S/C15H9Cl3O3/c16-10-6-4-9(5-7-14(19)20)13(8-10)21-12-3-1-2-11(17)15(12)18/h1-8H,(H,19,20)/b7-5+. The third-order valence-electron chi connectivity index (χ3n) is 2.52. The number of halogens is 3. The van der Waals surface area contributed by atoms with Gasteiger partial charge in [-0.25, -0.2) is 4.79 Å². The maximum Gasteiger partial charge on any atom is 0.328 e. The zero-order valence-electron chi connectivity index (χ0n) is 10.5. The van der Waals surface area contributed by atoms with Gasteiger partial charge in [0.05, 0.1) is 5.02 Å². The molecule has 1 N–H and O–H groups in total. The second-order valence-electron chi connectivity index (χ2n) is 4.01. The Bertz CT molecular complexity index is 711. The van der Waals surface area contributed by atoms with Crippen LogP contribution in [0.25, 0.3) is 6.08 Å². The molecule has 0 saturated heterocycles. The van der Waals surface area contributed by atoms with Crippen LogP contribution in [0.15, 0.2) is 42.5 Å². The Balaban J connectivity index is 2.40. The van der Waals surface area contributed by atoms with Gasteiger partial charge in [-0.1, -0.05) is 40.9 Å². The first-order valence-electron chi connectivity index (χ1n) is 5.80. The van der Waals surface area contributed by atoms with E-state index >= 15 is 0 Å². The lowest BCUT2D eigenvalue weighted by molar-refractivity contribution is -0.131. The monoisotopic (exact) mass is 342 g/mol. The lowest BCUT2D eigenvalue weighted by atomic mass is 10.2. The van der Waals surface area contributed by atoms with Gasteiger partial charge in [-0.05, 0) is 30.3 Å². The molecule has 0 aliphatic heterocycles. The summed E-state index contributed by atoms with van der Waals surface area (Å²) in [5, 5.41) is 9.78. The third kappa shape index (κ3) is 4.14. The Morgan fingerprint density at radius 3 is 2.57 bits per heavy atom. The Labute approximate surface area is 136 Å². The molecule has 2 rings (SSSR count). The van der Waals surface area contributed by atoms with Crippen molar-refractivity contribution in [1.29, 1.82) is 0 Å². The number of carbonyl (C=O) groups is 1. The van der Waals surface area contributed by atoms with Crippen molar-refractivity contribution in [2.24, 2.45) is 0 Å². The Kier molecular flexibility index (Phi) is 5.12. The van der Waals surface area contributed by atoms with E-state index in [1.165, 1.54) is 6.08 Å². The fourth-order valence-corrected chi connectivity index (χ4v) is 2.07. The minimum Gasteiger partial charge on any atom is -0.478 e. The maximum absolute atomic E-state index is 10.6. The molecular weight excluding hydrogens is 335 g/mol. The second-order valence-corrected chi connectivity index (χ2v) is 5.23. The predicted molar refractivity (Wildman–Crippen MR) is 84.7 cm³/mol. The Morgan fingerprint density at radius 2 is 1.86 bits per heavy atom. The van der Waals surface area contributed by atoms with Gasteiger partial charge in [-0.2, -0.15) is 0 Å². The summed E-state index contributed by atoms with van der Waals surface area (Å²) in [5.74, 6) is -0.322. The summed E-state index contributed by atoms with van der Waals surface area (Å²) in [7, 11) is 0. The van der Waals surface area contributed by atoms with Gasteiger partial charge in [-0.15, -0.1) is 0 Å². The molecule has 0 aliphatic carbocycles. The van der Waals surface area contributed by atoms with E-state index in [0.717, 1.165) is 6.08 Å². The van der Waals surface area contributed by atoms with Gasteiger partial charge in [0.1, 0.15) is 16.5 Å². The number of rotatable bonds is 4. The molecule has 108 valence electrons.